The van der Waals surface area contributed by atoms with E-state index in [-0.39, 0.29) is 0 Å². The van der Waals surface area contributed by atoms with Crippen LogP contribution in [0.2, 0.25) is 0 Å². The molecule has 0 saturated carbocycles. The fraction of sp³-hybridized carbons (Fsp3) is 0.769. The van der Waals surface area contributed by atoms with E-state index < -0.39 is 0 Å². The molecular weight excluding hydrogens is 214 g/mol. The smallest absolute Gasteiger partial charge is 0.108 e. The number of aryl methyl sites for hydroxylation is 2. The van der Waals surface area contributed by atoms with Gasteiger partial charge in [-0.1, -0.05) is 6.92 Å². The maximum absolute atomic E-state index is 5.59. The summed E-state index contributed by atoms with van der Waals surface area (Å²) in [6.07, 6.45) is 7.25. The Labute approximate surface area is 103 Å². The summed E-state index contributed by atoms with van der Waals surface area (Å²) in [5, 5.41) is 3.47. The zero-order chi connectivity index (χ0) is 12.1. The first-order valence-electron chi connectivity index (χ1n) is 6.50. The maximum Gasteiger partial charge on any atom is 0.108 e. The third-order valence-corrected chi connectivity index (χ3v) is 3.73. The standard InChI is InChI=1S/C13H23N3O/c1-3-14-10-13(6-9-17-11-13)5-4-12-15-7-8-16(12)2/h7-8,14H,3-6,9-11H2,1-2H3. The number of ether oxygens (including phenoxy) is 1. The first kappa shape index (κ1) is 12.6. The molecule has 0 aliphatic carbocycles. The monoisotopic (exact) mass is 237 g/mol. The second-order valence-corrected chi connectivity index (χ2v) is 5.04. The predicted octanol–water partition coefficient (Wildman–Crippen LogP) is 1.37. The van der Waals surface area contributed by atoms with E-state index in [0.29, 0.717) is 5.41 Å². The zero-order valence-corrected chi connectivity index (χ0v) is 10.9. The molecule has 96 valence electrons. The Morgan fingerprint density at radius 3 is 3.06 bits per heavy atom. The Morgan fingerprint density at radius 1 is 1.59 bits per heavy atom. The molecule has 1 N–H and O–H groups in total. The minimum Gasteiger partial charge on any atom is -0.381 e. The molecule has 0 spiro atoms. The van der Waals surface area contributed by atoms with Crippen molar-refractivity contribution in [1.29, 1.82) is 0 Å². The van der Waals surface area contributed by atoms with Crippen LogP contribution in [-0.4, -0.2) is 35.9 Å². The lowest BCUT2D eigenvalue weighted by molar-refractivity contribution is 0.144. The van der Waals surface area contributed by atoms with Gasteiger partial charge in [-0.2, -0.15) is 0 Å². The van der Waals surface area contributed by atoms with Crippen molar-refractivity contribution < 1.29 is 4.74 Å². The molecule has 0 bridgehead atoms. The zero-order valence-electron chi connectivity index (χ0n) is 10.9. The average molecular weight is 237 g/mol. The van der Waals surface area contributed by atoms with Gasteiger partial charge in [0.1, 0.15) is 5.82 Å². The van der Waals surface area contributed by atoms with E-state index >= 15 is 0 Å². The van der Waals surface area contributed by atoms with Crippen LogP contribution < -0.4 is 5.32 Å². The van der Waals surface area contributed by atoms with Crippen molar-refractivity contribution in [2.45, 2.75) is 26.2 Å². The summed E-state index contributed by atoms with van der Waals surface area (Å²) < 4.78 is 7.70. The first-order chi connectivity index (χ1) is 8.26. The maximum atomic E-state index is 5.59. The second kappa shape index (κ2) is 5.65. The largest absolute Gasteiger partial charge is 0.381 e. The lowest BCUT2D eigenvalue weighted by Gasteiger charge is -2.27. The molecule has 2 heterocycles. The minimum absolute atomic E-state index is 0.321. The number of rotatable bonds is 6. The van der Waals surface area contributed by atoms with Crippen molar-refractivity contribution in [2.75, 3.05) is 26.3 Å². The van der Waals surface area contributed by atoms with Gasteiger partial charge in [0.25, 0.3) is 0 Å². The van der Waals surface area contributed by atoms with E-state index in [0.717, 1.165) is 39.1 Å². The Hall–Kier alpha value is -0.870. The van der Waals surface area contributed by atoms with Crippen LogP contribution in [0, 0.1) is 5.41 Å². The quantitative estimate of drug-likeness (QED) is 0.812. The molecule has 1 atom stereocenters. The molecular formula is C13H23N3O. The van der Waals surface area contributed by atoms with Crippen LogP contribution in [-0.2, 0) is 18.2 Å². The van der Waals surface area contributed by atoms with E-state index in [9.17, 15) is 0 Å². The van der Waals surface area contributed by atoms with E-state index in [4.69, 9.17) is 4.74 Å². The van der Waals surface area contributed by atoms with Gasteiger partial charge in [0, 0.05) is 44.4 Å². The third-order valence-electron chi connectivity index (χ3n) is 3.73. The highest BCUT2D eigenvalue weighted by atomic mass is 16.5. The summed E-state index contributed by atoms with van der Waals surface area (Å²) in [6.45, 7) is 6.05. The molecule has 1 aromatic rings. The van der Waals surface area contributed by atoms with Crippen molar-refractivity contribution in [3.63, 3.8) is 0 Å². The summed E-state index contributed by atoms with van der Waals surface area (Å²) in [5.41, 5.74) is 0.321. The Morgan fingerprint density at radius 2 is 2.47 bits per heavy atom. The summed E-state index contributed by atoms with van der Waals surface area (Å²) in [7, 11) is 2.06. The van der Waals surface area contributed by atoms with Crippen LogP contribution in [0.4, 0.5) is 0 Å². The summed E-state index contributed by atoms with van der Waals surface area (Å²) in [6, 6.07) is 0. The average Bonchev–Trinajstić information content (AvgIpc) is 2.94. The second-order valence-electron chi connectivity index (χ2n) is 5.04. The van der Waals surface area contributed by atoms with Crippen molar-refractivity contribution in [3.8, 4) is 0 Å². The number of hydrogen-bond donors (Lipinski definition) is 1. The first-order valence-corrected chi connectivity index (χ1v) is 6.50. The van der Waals surface area contributed by atoms with Gasteiger partial charge in [0.15, 0.2) is 0 Å². The van der Waals surface area contributed by atoms with Crippen molar-refractivity contribution in [3.05, 3.63) is 18.2 Å². The predicted molar refractivity (Wildman–Crippen MR) is 67.9 cm³/mol. The van der Waals surface area contributed by atoms with Gasteiger partial charge in [-0.25, -0.2) is 4.98 Å². The van der Waals surface area contributed by atoms with Crippen LogP contribution in [0.15, 0.2) is 12.4 Å². The fourth-order valence-corrected chi connectivity index (χ4v) is 2.48. The number of aromatic nitrogens is 2. The van der Waals surface area contributed by atoms with Crippen molar-refractivity contribution in [2.24, 2.45) is 12.5 Å². The molecule has 4 heteroatoms. The van der Waals surface area contributed by atoms with Gasteiger partial charge in [-0.15, -0.1) is 0 Å². The summed E-state index contributed by atoms with van der Waals surface area (Å²) in [4.78, 5) is 4.39. The van der Waals surface area contributed by atoms with Gasteiger partial charge >= 0.3 is 0 Å². The van der Waals surface area contributed by atoms with Crippen LogP contribution >= 0.6 is 0 Å². The van der Waals surface area contributed by atoms with Gasteiger partial charge in [-0.3, -0.25) is 0 Å². The number of hydrogen-bond acceptors (Lipinski definition) is 3. The van der Waals surface area contributed by atoms with Gasteiger partial charge in [0.2, 0.25) is 0 Å². The van der Waals surface area contributed by atoms with Crippen LogP contribution in [0.5, 0.6) is 0 Å². The topological polar surface area (TPSA) is 39.1 Å². The molecule has 1 aliphatic rings. The third kappa shape index (κ3) is 3.07. The molecule has 2 rings (SSSR count). The number of imidazole rings is 1. The molecule has 17 heavy (non-hydrogen) atoms. The van der Waals surface area contributed by atoms with Crippen molar-refractivity contribution >= 4 is 0 Å². The molecule has 0 amide bonds. The molecule has 0 aromatic carbocycles. The SMILES string of the molecule is CCNCC1(CCc2nccn2C)CCOC1. The van der Waals surface area contributed by atoms with E-state index in [1.807, 2.05) is 12.4 Å². The fourth-order valence-electron chi connectivity index (χ4n) is 2.48. The molecule has 0 radical (unpaired) electrons. The van der Waals surface area contributed by atoms with Gasteiger partial charge in [-0.05, 0) is 19.4 Å². The van der Waals surface area contributed by atoms with E-state index in [1.165, 1.54) is 12.2 Å². The van der Waals surface area contributed by atoms with Crippen LogP contribution in [0.3, 0.4) is 0 Å². The van der Waals surface area contributed by atoms with Crippen LogP contribution in [0.25, 0.3) is 0 Å². The lowest BCUT2D eigenvalue weighted by atomic mass is 9.82. The Bertz CT molecular complexity index is 342. The Kier molecular flexibility index (Phi) is 4.18. The normalized spacial score (nSPS) is 24.4. The molecule has 1 aromatic heterocycles. The van der Waals surface area contributed by atoms with Crippen molar-refractivity contribution in [1.82, 2.24) is 14.9 Å². The molecule has 1 aliphatic heterocycles. The molecule has 4 nitrogen and oxygen atoms in total. The lowest BCUT2D eigenvalue weighted by Crippen LogP contribution is -2.35. The number of nitrogens with one attached hydrogen (secondary N) is 1. The highest BCUT2D eigenvalue weighted by Crippen LogP contribution is 2.32. The van der Waals surface area contributed by atoms with E-state index in [1.54, 1.807) is 0 Å². The highest BCUT2D eigenvalue weighted by Gasteiger charge is 2.34. The number of nitrogens with zero attached hydrogens (tertiary/aromatic N) is 2. The Balaban J connectivity index is 1.91. The van der Waals surface area contributed by atoms with Gasteiger partial charge in [0.05, 0.1) is 6.61 Å². The van der Waals surface area contributed by atoms with Crippen LogP contribution in [0.1, 0.15) is 25.6 Å². The van der Waals surface area contributed by atoms with E-state index in [2.05, 4.69) is 28.8 Å². The van der Waals surface area contributed by atoms with Gasteiger partial charge < -0.3 is 14.6 Å². The molecule has 1 saturated heterocycles. The minimum atomic E-state index is 0.321. The summed E-state index contributed by atoms with van der Waals surface area (Å²) in [5.74, 6) is 1.17. The molecule has 1 fully saturated rings. The summed E-state index contributed by atoms with van der Waals surface area (Å²) >= 11 is 0. The molecule has 1 unspecified atom stereocenters. The highest BCUT2D eigenvalue weighted by molar-refractivity contribution is 4.95.